The number of hydrogen-bond donors (Lipinski definition) is 1. The summed E-state index contributed by atoms with van der Waals surface area (Å²) in [5.41, 5.74) is 0.412. The summed E-state index contributed by atoms with van der Waals surface area (Å²) in [6, 6.07) is 3.05. The molecule has 2 rings (SSSR count). The Bertz CT molecular complexity index is 608. The van der Waals surface area contributed by atoms with Gasteiger partial charge in [-0.25, -0.2) is 18.3 Å². The molecular weight excluding hydrogens is 242 g/mol. The average molecular weight is 252 g/mol. The first-order chi connectivity index (χ1) is 8.54. The predicted molar refractivity (Wildman–Crippen MR) is 59.8 cm³/mol. The van der Waals surface area contributed by atoms with Crippen LogP contribution in [-0.2, 0) is 6.42 Å². The molecule has 0 saturated carbocycles. The number of aromatic nitrogens is 2. The molecule has 0 aliphatic carbocycles. The minimum Gasteiger partial charge on any atom is -0.478 e. The number of rotatable bonds is 3. The Morgan fingerprint density at radius 3 is 2.72 bits per heavy atom. The molecule has 1 heterocycles. The molecule has 4 nitrogen and oxygen atoms in total. The van der Waals surface area contributed by atoms with Crippen LogP contribution in [0.3, 0.4) is 0 Å². The molecule has 94 valence electrons. The van der Waals surface area contributed by atoms with Crippen molar-refractivity contribution >= 4 is 5.97 Å². The van der Waals surface area contributed by atoms with Crippen molar-refractivity contribution in [1.29, 1.82) is 0 Å². The monoisotopic (exact) mass is 252 g/mol. The molecule has 1 N–H and O–H groups in total. The Balaban J connectivity index is 2.60. The second-order valence-corrected chi connectivity index (χ2v) is 3.67. The molecule has 0 bridgehead atoms. The van der Waals surface area contributed by atoms with Crippen LogP contribution >= 0.6 is 0 Å². The zero-order valence-corrected chi connectivity index (χ0v) is 9.52. The van der Waals surface area contributed by atoms with Crippen LogP contribution in [-0.4, -0.2) is 20.9 Å². The Labute approximate surface area is 101 Å². The fraction of sp³-hybridized carbons (Fsp3) is 0.167. The number of carbonyl (C=O) groups is 1. The van der Waals surface area contributed by atoms with E-state index in [4.69, 9.17) is 5.11 Å². The average Bonchev–Trinajstić information content (AvgIpc) is 2.72. The van der Waals surface area contributed by atoms with Crippen molar-refractivity contribution < 1.29 is 18.7 Å². The number of nitrogens with zero attached hydrogens (tertiary/aromatic N) is 2. The summed E-state index contributed by atoms with van der Waals surface area (Å²) in [4.78, 5) is 11.0. The number of aromatic carboxylic acids is 1. The maximum atomic E-state index is 13.6. The lowest BCUT2D eigenvalue weighted by Gasteiger charge is -2.07. The van der Waals surface area contributed by atoms with E-state index in [2.05, 4.69) is 5.10 Å². The molecule has 1 aromatic heterocycles. The second kappa shape index (κ2) is 4.56. The zero-order chi connectivity index (χ0) is 13.3. The molecule has 18 heavy (non-hydrogen) atoms. The Morgan fingerprint density at radius 2 is 2.17 bits per heavy atom. The molecule has 2 aromatic rings. The van der Waals surface area contributed by atoms with Crippen molar-refractivity contribution in [3.05, 3.63) is 47.3 Å². The third kappa shape index (κ3) is 1.97. The molecule has 0 fully saturated rings. The van der Waals surface area contributed by atoms with Gasteiger partial charge in [-0.15, -0.1) is 0 Å². The van der Waals surface area contributed by atoms with E-state index in [0.29, 0.717) is 12.1 Å². The number of benzene rings is 1. The maximum absolute atomic E-state index is 13.6. The van der Waals surface area contributed by atoms with Crippen LogP contribution in [0.15, 0.2) is 24.4 Å². The SMILES string of the molecule is CCc1c(C(=O)O)cnn1-c1ccc(F)cc1F. The predicted octanol–water partition coefficient (Wildman–Crippen LogP) is 2.41. The third-order valence-corrected chi connectivity index (χ3v) is 2.57. The standard InChI is InChI=1S/C12H10F2N2O2/c1-2-10-8(12(17)18)6-15-16(10)11-4-3-7(13)5-9(11)14/h3-6H,2H2,1H3,(H,17,18). The largest absolute Gasteiger partial charge is 0.478 e. The van der Waals surface area contributed by atoms with Gasteiger partial charge in [0.2, 0.25) is 0 Å². The highest BCUT2D eigenvalue weighted by molar-refractivity contribution is 5.88. The molecular formula is C12H10F2N2O2. The molecule has 0 radical (unpaired) electrons. The molecule has 0 aliphatic heterocycles. The van der Waals surface area contributed by atoms with Gasteiger partial charge in [-0.2, -0.15) is 5.10 Å². The lowest BCUT2D eigenvalue weighted by molar-refractivity contribution is 0.0695. The number of hydrogen-bond acceptors (Lipinski definition) is 2. The van der Waals surface area contributed by atoms with E-state index in [1.165, 1.54) is 10.7 Å². The van der Waals surface area contributed by atoms with E-state index < -0.39 is 17.6 Å². The van der Waals surface area contributed by atoms with E-state index in [1.54, 1.807) is 6.92 Å². The van der Waals surface area contributed by atoms with Crippen molar-refractivity contribution in [2.45, 2.75) is 13.3 Å². The van der Waals surface area contributed by atoms with Gasteiger partial charge >= 0.3 is 5.97 Å². The smallest absolute Gasteiger partial charge is 0.339 e. The summed E-state index contributed by atoms with van der Waals surface area (Å²) in [6.45, 7) is 1.74. The van der Waals surface area contributed by atoms with Gasteiger partial charge in [-0.3, -0.25) is 0 Å². The van der Waals surface area contributed by atoms with Crippen molar-refractivity contribution in [1.82, 2.24) is 9.78 Å². The highest BCUT2D eigenvalue weighted by Gasteiger charge is 2.18. The van der Waals surface area contributed by atoms with Crippen molar-refractivity contribution in [2.24, 2.45) is 0 Å². The summed E-state index contributed by atoms with van der Waals surface area (Å²) in [5, 5.41) is 12.8. The van der Waals surface area contributed by atoms with Gasteiger partial charge in [0.1, 0.15) is 17.1 Å². The van der Waals surface area contributed by atoms with Crippen LogP contribution in [0.2, 0.25) is 0 Å². The molecule has 0 atom stereocenters. The Hall–Kier alpha value is -2.24. The van der Waals surface area contributed by atoms with Gasteiger partial charge in [0, 0.05) is 6.07 Å². The lowest BCUT2D eigenvalue weighted by atomic mass is 10.2. The fourth-order valence-electron chi connectivity index (χ4n) is 1.75. The number of carboxylic acid groups (broad SMARTS) is 1. The highest BCUT2D eigenvalue weighted by atomic mass is 19.1. The van der Waals surface area contributed by atoms with E-state index >= 15 is 0 Å². The third-order valence-electron chi connectivity index (χ3n) is 2.57. The topological polar surface area (TPSA) is 55.1 Å². The van der Waals surface area contributed by atoms with Gasteiger partial charge in [-0.1, -0.05) is 6.92 Å². The highest BCUT2D eigenvalue weighted by Crippen LogP contribution is 2.19. The van der Waals surface area contributed by atoms with Gasteiger partial charge in [0.15, 0.2) is 5.82 Å². The molecule has 0 amide bonds. The minimum atomic E-state index is -1.12. The van der Waals surface area contributed by atoms with Gasteiger partial charge in [0.25, 0.3) is 0 Å². The van der Waals surface area contributed by atoms with E-state index in [1.807, 2.05) is 0 Å². The first-order valence-corrected chi connectivity index (χ1v) is 5.30. The van der Waals surface area contributed by atoms with Crippen molar-refractivity contribution in [2.75, 3.05) is 0 Å². The first kappa shape index (κ1) is 12.2. The van der Waals surface area contributed by atoms with Crippen LogP contribution in [0.25, 0.3) is 5.69 Å². The molecule has 0 saturated heterocycles. The number of halogens is 2. The summed E-state index contributed by atoms with van der Waals surface area (Å²) >= 11 is 0. The van der Waals surface area contributed by atoms with Crippen LogP contribution in [0, 0.1) is 11.6 Å². The normalized spacial score (nSPS) is 10.6. The second-order valence-electron chi connectivity index (χ2n) is 3.67. The van der Waals surface area contributed by atoms with E-state index in [0.717, 1.165) is 18.3 Å². The summed E-state index contributed by atoms with van der Waals surface area (Å²) in [6.07, 6.45) is 1.53. The molecule has 0 aliphatic rings. The summed E-state index contributed by atoms with van der Waals surface area (Å²) in [5.74, 6) is -2.61. The van der Waals surface area contributed by atoms with Crippen LogP contribution in [0.4, 0.5) is 8.78 Å². The maximum Gasteiger partial charge on any atom is 0.339 e. The van der Waals surface area contributed by atoms with E-state index in [9.17, 15) is 13.6 Å². The Kier molecular flexibility index (Phi) is 3.10. The first-order valence-electron chi connectivity index (χ1n) is 5.30. The Morgan fingerprint density at radius 1 is 1.44 bits per heavy atom. The fourth-order valence-corrected chi connectivity index (χ4v) is 1.75. The van der Waals surface area contributed by atoms with E-state index in [-0.39, 0.29) is 11.3 Å². The van der Waals surface area contributed by atoms with Crippen molar-refractivity contribution in [3.8, 4) is 5.69 Å². The van der Waals surface area contributed by atoms with Crippen molar-refractivity contribution in [3.63, 3.8) is 0 Å². The number of carboxylic acids is 1. The molecule has 1 aromatic carbocycles. The molecule has 0 unspecified atom stereocenters. The minimum absolute atomic E-state index is 0.0150. The lowest BCUT2D eigenvalue weighted by Crippen LogP contribution is -2.07. The van der Waals surface area contributed by atoms with Gasteiger partial charge in [0.05, 0.1) is 11.9 Å². The quantitative estimate of drug-likeness (QED) is 0.912. The van der Waals surface area contributed by atoms with Gasteiger partial charge in [-0.05, 0) is 18.6 Å². The molecule has 6 heteroatoms. The zero-order valence-electron chi connectivity index (χ0n) is 9.52. The van der Waals surface area contributed by atoms with Crippen LogP contribution in [0.5, 0.6) is 0 Å². The molecule has 0 spiro atoms. The summed E-state index contributed by atoms with van der Waals surface area (Å²) < 4.78 is 27.6. The van der Waals surface area contributed by atoms with Crippen LogP contribution in [0.1, 0.15) is 23.0 Å². The van der Waals surface area contributed by atoms with Crippen LogP contribution < -0.4 is 0 Å². The summed E-state index contributed by atoms with van der Waals surface area (Å²) in [7, 11) is 0. The van der Waals surface area contributed by atoms with Gasteiger partial charge < -0.3 is 5.11 Å².